The number of methoxy groups -OCH3 is 1. The number of thiophene rings is 1. The van der Waals surface area contributed by atoms with Crippen molar-refractivity contribution in [1.82, 2.24) is 5.32 Å². The van der Waals surface area contributed by atoms with E-state index in [0.29, 0.717) is 12.1 Å². The normalized spacial score (nSPS) is 10.1. The van der Waals surface area contributed by atoms with Crippen molar-refractivity contribution in [1.29, 1.82) is 0 Å². The van der Waals surface area contributed by atoms with E-state index in [2.05, 4.69) is 11.4 Å². The van der Waals surface area contributed by atoms with Crippen LogP contribution in [0.3, 0.4) is 0 Å². The highest BCUT2D eigenvalue weighted by Gasteiger charge is 2.06. The molecule has 2 aromatic rings. The van der Waals surface area contributed by atoms with Crippen LogP contribution in [0.5, 0.6) is 5.75 Å². The third kappa shape index (κ3) is 2.90. The van der Waals surface area contributed by atoms with Crippen molar-refractivity contribution < 1.29 is 9.53 Å². The van der Waals surface area contributed by atoms with Gasteiger partial charge in [-0.3, -0.25) is 4.79 Å². The lowest BCUT2D eigenvalue weighted by Crippen LogP contribution is -2.22. The molecule has 94 valence electrons. The summed E-state index contributed by atoms with van der Waals surface area (Å²) in [6.07, 6.45) is 0. The number of aryl methyl sites for hydroxylation is 1. The largest absolute Gasteiger partial charge is 0.497 e. The van der Waals surface area contributed by atoms with Crippen LogP contribution < -0.4 is 10.1 Å². The van der Waals surface area contributed by atoms with Crippen molar-refractivity contribution in [2.75, 3.05) is 7.11 Å². The summed E-state index contributed by atoms with van der Waals surface area (Å²) in [5, 5.41) is 4.94. The summed E-state index contributed by atoms with van der Waals surface area (Å²) in [6, 6.07) is 9.14. The Balaban J connectivity index is 1.97. The number of nitrogens with one attached hydrogen (secondary N) is 1. The first-order chi connectivity index (χ1) is 8.70. The highest BCUT2D eigenvalue weighted by Crippen LogP contribution is 2.15. The molecule has 0 bridgehead atoms. The molecule has 0 saturated heterocycles. The SMILES string of the molecule is COc1ccc(C(=O)NCc2sccc2C)cc1. The first kappa shape index (κ1) is 12.6. The maximum absolute atomic E-state index is 11.9. The van der Waals surface area contributed by atoms with Crippen molar-refractivity contribution in [3.63, 3.8) is 0 Å². The highest BCUT2D eigenvalue weighted by molar-refractivity contribution is 7.10. The van der Waals surface area contributed by atoms with Gasteiger partial charge in [-0.2, -0.15) is 0 Å². The Morgan fingerprint density at radius 1 is 1.28 bits per heavy atom. The van der Waals surface area contributed by atoms with E-state index in [1.54, 1.807) is 42.7 Å². The van der Waals surface area contributed by atoms with Crippen LogP contribution in [-0.2, 0) is 6.54 Å². The quantitative estimate of drug-likeness (QED) is 0.918. The molecule has 18 heavy (non-hydrogen) atoms. The summed E-state index contributed by atoms with van der Waals surface area (Å²) in [5.74, 6) is 0.686. The molecule has 1 amide bonds. The van der Waals surface area contributed by atoms with E-state index in [1.165, 1.54) is 10.4 Å². The van der Waals surface area contributed by atoms with Gasteiger partial charge in [0, 0.05) is 10.4 Å². The van der Waals surface area contributed by atoms with Crippen LogP contribution in [0.4, 0.5) is 0 Å². The van der Waals surface area contributed by atoms with E-state index < -0.39 is 0 Å². The van der Waals surface area contributed by atoms with Crippen LogP contribution in [0, 0.1) is 6.92 Å². The molecular weight excluding hydrogens is 246 g/mol. The summed E-state index contributed by atoms with van der Waals surface area (Å²) >= 11 is 1.66. The maximum atomic E-state index is 11.9. The Kier molecular flexibility index (Phi) is 3.99. The van der Waals surface area contributed by atoms with Crippen molar-refractivity contribution in [3.05, 3.63) is 51.7 Å². The Labute approximate surface area is 110 Å². The van der Waals surface area contributed by atoms with Gasteiger partial charge in [-0.25, -0.2) is 0 Å². The second-order valence-electron chi connectivity index (χ2n) is 3.94. The molecule has 1 aromatic heterocycles. The fourth-order valence-corrected chi connectivity index (χ4v) is 2.44. The number of rotatable bonds is 4. The molecule has 0 spiro atoms. The molecule has 0 aliphatic rings. The topological polar surface area (TPSA) is 38.3 Å². The lowest BCUT2D eigenvalue weighted by Gasteiger charge is -2.05. The van der Waals surface area contributed by atoms with Gasteiger partial charge in [0.15, 0.2) is 0 Å². The average Bonchev–Trinajstić information content (AvgIpc) is 2.81. The van der Waals surface area contributed by atoms with Crippen LogP contribution in [-0.4, -0.2) is 13.0 Å². The van der Waals surface area contributed by atoms with E-state index in [9.17, 15) is 4.79 Å². The number of hydrogen-bond donors (Lipinski definition) is 1. The fraction of sp³-hybridized carbons (Fsp3) is 0.214. The minimum atomic E-state index is -0.0644. The number of ether oxygens (including phenoxy) is 1. The molecule has 0 aliphatic heterocycles. The lowest BCUT2D eigenvalue weighted by molar-refractivity contribution is 0.0951. The van der Waals surface area contributed by atoms with Gasteiger partial charge in [-0.05, 0) is 48.2 Å². The summed E-state index contributed by atoms with van der Waals surface area (Å²) < 4.78 is 5.05. The Morgan fingerprint density at radius 2 is 2.00 bits per heavy atom. The monoisotopic (exact) mass is 261 g/mol. The molecule has 3 nitrogen and oxygen atoms in total. The third-order valence-electron chi connectivity index (χ3n) is 2.73. The van der Waals surface area contributed by atoms with Gasteiger partial charge >= 0.3 is 0 Å². The highest BCUT2D eigenvalue weighted by atomic mass is 32.1. The van der Waals surface area contributed by atoms with Crippen molar-refractivity contribution in [2.24, 2.45) is 0 Å². The van der Waals surface area contributed by atoms with Crippen LogP contribution in [0.2, 0.25) is 0 Å². The minimum absolute atomic E-state index is 0.0644. The van der Waals surface area contributed by atoms with Crippen LogP contribution in [0.15, 0.2) is 35.7 Å². The molecule has 1 heterocycles. The zero-order valence-corrected chi connectivity index (χ0v) is 11.2. The summed E-state index contributed by atoms with van der Waals surface area (Å²) in [5.41, 5.74) is 1.86. The van der Waals surface area contributed by atoms with Gasteiger partial charge in [-0.1, -0.05) is 0 Å². The fourth-order valence-electron chi connectivity index (χ4n) is 1.59. The summed E-state index contributed by atoms with van der Waals surface area (Å²) in [7, 11) is 1.61. The van der Waals surface area contributed by atoms with Crippen LogP contribution in [0.25, 0.3) is 0 Å². The van der Waals surface area contributed by atoms with Crippen molar-refractivity contribution in [3.8, 4) is 5.75 Å². The van der Waals surface area contributed by atoms with Gasteiger partial charge in [0.1, 0.15) is 5.75 Å². The smallest absolute Gasteiger partial charge is 0.251 e. The molecule has 2 rings (SSSR count). The molecule has 1 N–H and O–H groups in total. The maximum Gasteiger partial charge on any atom is 0.251 e. The van der Waals surface area contributed by atoms with Crippen molar-refractivity contribution in [2.45, 2.75) is 13.5 Å². The Hall–Kier alpha value is -1.81. The van der Waals surface area contributed by atoms with Crippen molar-refractivity contribution >= 4 is 17.2 Å². The van der Waals surface area contributed by atoms with Gasteiger partial charge in [-0.15, -0.1) is 11.3 Å². The number of carbonyl (C=O) groups excluding carboxylic acids is 1. The number of carbonyl (C=O) groups is 1. The standard InChI is InChI=1S/C14H15NO2S/c1-10-7-8-18-13(10)9-15-14(16)11-3-5-12(17-2)6-4-11/h3-8H,9H2,1-2H3,(H,15,16). The predicted octanol–water partition coefficient (Wildman–Crippen LogP) is 3.00. The molecule has 0 fully saturated rings. The molecule has 0 unspecified atom stereocenters. The molecule has 4 heteroatoms. The molecule has 0 atom stereocenters. The van der Waals surface area contributed by atoms with E-state index >= 15 is 0 Å². The van der Waals surface area contributed by atoms with E-state index in [4.69, 9.17) is 4.74 Å². The molecular formula is C14H15NO2S. The third-order valence-corrected chi connectivity index (χ3v) is 3.75. The Bertz CT molecular complexity index is 531. The zero-order valence-electron chi connectivity index (χ0n) is 10.4. The second kappa shape index (κ2) is 5.69. The summed E-state index contributed by atoms with van der Waals surface area (Å²) in [4.78, 5) is 13.1. The molecule has 1 aromatic carbocycles. The molecule has 0 saturated carbocycles. The second-order valence-corrected chi connectivity index (χ2v) is 4.94. The molecule has 0 radical (unpaired) electrons. The van der Waals surface area contributed by atoms with E-state index in [0.717, 1.165) is 5.75 Å². The van der Waals surface area contributed by atoms with Crippen LogP contribution in [0.1, 0.15) is 20.8 Å². The van der Waals surface area contributed by atoms with E-state index in [-0.39, 0.29) is 5.91 Å². The Morgan fingerprint density at radius 3 is 2.56 bits per heavy atom. The van der Waals surface area contributed by atoms with E-state index in [1.807, 2.05) is 12.3 Å². The van der Waals surface area contributed by atoms with Gasteiger partial charge in [0.25, 0.3) is 5.91 Å². The first-order valence-electron chi connectivity index (χ1n) is 5.66. The number of benzene rings is 1. The minimum Gasteiger partial charge on any atom is -0.497 e. The van der Waals surface area contributed by atoms with Crippen LogP contribution >= 0.6 is 11.3 Å². The zero-order chi connectivity index (χ0) is 13.0. The summed E-state index contributed by atoms with van der Waals surface area (Å²) in [6.45, 7) is 2.62. The number of hydrogen-bond acceptors (Lipinski definition) is 3. The van der Waals surface area contributed by atoms with Gasteiger partial charge in [0.05, 0.1) is 13.7 Å². The molecule has 0 aliphatic carbocycles. The average molecular weight is 261 g/mol. The number of amides is 1. The predicted molar refractivity (Wildman–Crippen MR) is 73.2 cm³/mol. The first-order valence-corrected chi connectivity index (χ1v) is 6.54. The van der Waals surface area contributed by atoms with Gasteiger partial charge < -0.3 is 10.1 Å². The van der Waals surface area contributed by atoms with Gasteiger partial charge in [0.2, 0.25) is 0 Å². The lowest BCUT2D eigenvalue weighted by atomic mass is 10.2.